The molecule has 154 valence electrons. The average molecular weight is 486 g/mol. The van der Waals surface area contributed by atoms with E-state index in [1.54, 1.807) is 48.5 Å². The minimum absolute atomic E-state index is 0.257. The van der Waals surface area contributed by atoms with E-state index >= 15 is 0 Å². The highest BCUT2D eigenvalue weighted by atomic mass is 79.9. The van der Waals surface area contributed by atoms with Crippen molar-refractivity contribution in [2.24, 2.45) is 0 Å². The third-order valence-corrected chi connectivity index (χ3v) is 7.26. The Morgan fingerprint density at radius 3 is 2.27 bits per heavy atom. The van der Waals surface area contributed by atoms with Gasteiger partial charge in [0.1, 0.15) is 0 Å². The van der Waals surface area contributed by atoms with Crippen molar-refractivity contribution < 1.29 is 13.2 Å². The SMILES string of the molecule is Cc1ccc(S(=O)(=O)N2CCc3ccc(NC(=O)Nc4ccc(Br)cc4)cc32)cc1. The number of benzene rings is 3. The van der Waals surface area contributed by atoms with Crippen LogP contribution in [0.25, 0.3) is 0 Å². The van der Waals surface area contributed by atoms with Gasteiger partial charge in [-0.05, 0) is 67.4 Å². The Balaban J connectivity index is 1.55. The number of halogens is 1. The molecule has 0 fully saturated rings. The van der Waals surface area contributed by atoms with Crippen LogP contribution in [0.3, 0.4) is 0 Å². The largest absolute Gasteiger partial charge is 0.323 e. The van der Waals surface area contributed by atoms with Crippen LogP contribution in [-0.4, -0.2) is 21.0 Å². The molecule has 0 saturated heterocycles. The fourth-order valence-corrected chi connectivity index (χ4v) is 5.10. The lowest BCUT2D eigenvalue weighted by molar-refractivity contribution is 0.262. The number of hydrogen-bond donors (Lipinski definition) is 2. The molecule has 2 N–H and O–H groups in total. The zero-order valence-corrected chi connectivity index (χ0v) is 18.6. The van der Waals surface area contributed by atoms with Gasteiger partial charge in [0, 0.05) is 22.4 Å². The molecule has 0 spiro atoms. The lowest BCUT2D eigenvalue weighted by atomic mass is 10.1. The van der Waals surface area contributed by atoms with E-state index in [0.717, 1.165) is 15.6 Å². The van der Waals surface area contributed by atoms with E-state index in [0.29, 0.717) is 30.0 Å². The van der Waals surface area contributed by atoms with Gasteiger partial charge in [-0.3, -0.25) is 4.31 Å². The first-order chi connectivity index (χ1) is 14.3. The minimum Gasteiger partial charge on any atom is -0.308 e. The highest BCUT2D eigenvalue weighted by molar-refractivity contribution is 9.10. The summed E-state index contributed by atoms with van der Waals surface area (Å²) >= 11 is 3.35. The predicted molar refractivity (Wildman–Crippen MR) is 123 cm³/mol. The molecule has 8 heteroatoms. The molecule has 0 bridgehead atoms. The first-order valence-corrected chi connectivity index (χ1v) is 11.6. The maximum Gasteiger partial charge on any atom is 0.323 e. The fourth-order valence-electron chi connectivity index (χ4n) is 3.34. The molecule has 6 nitrogen and oxygen atoms in total. The van der Waals surface area contributed by atoms with Crippen molar-refractivity contribution >= 4 is 49.0 Å². The summed E-state index contributed by atoms with van der Waals surface area (Å²) in [6, 6.07) is 19.0. The van der Waals surface area contributed by atoms with Gasteiger partial charge < -0.3 is 10.6 Å². The van der Waals surface area contributed by atoms with Gasteiger partial charge in [-0.15, -0.1) is 0 Å². The van der Waals surface area contributed by atoms with E-state index in [2.05, 4.69) is 26.6 Å². The van der Waals surface area contributed by atoms with Crippen molar-refractivity contribution in [1.82, 2.24) is 0 Å². The van der Waals surface area contributed by atoms with E-state index in [9.17, 15) is 13.2 Å². The molecule has 1 heterocycles. The number of fused-ring (bicyclic) bond motifs is 1. The molecule has 2 amide bonds. The number of carbonyl (C=O) groups excluding carboxylic acids is 1. The molecule has 3 aromatic carbocycles. The fraction of sp³-hybridized carbons (Fsp3) is 0.136. The maximum atomic E-state index is 13.1. The quantitative estimate of drug-likeness (QED) is 0.535. The third-order valence-electron chi connectivity index (χ3n) is 4.91. The lowest BCUT2D eigenvalue weighted by Gasteiger charge is -2.20. The topological polar surface area (TPSA) is 78.5 Å². The van der Waals surface area contributed by atoms with Crippen molar-refractivity contribution in [2.45, 2.75) is 18.2 Å². The van der Waals surface area contributed by atoms with E-state index < -0.39 is 16.1 Å². The molecule has 30 heavy (non-hydrogen) atoms. The number of urea groups is 1. The van der Waals surface area contributed by atoms with Crippen LogP contribution >= 0.6 is 15.9 Å². The highest BCUT2D eigenvalue weighted by Gasteiger charge is 2.31. The molecule has 0 aliphatic carbocycles. The Morgan fingerprint density at radius 2 is 1.57 bits per heavy atom. The number of amides is 2. The molecule has 0 radical (unpaired) electrons. The number of hydrogen-bond acceptors (Lipinski definition) is 3. The van der Waals surface area contributed by atoms with Crippen molar-refractivity contribution in [2.75, 3.05) is 21.5 Å². The van der Waals surface area contributed by atoms with Crippen molar-refractivity contribution in [3.05, 3.63) is 82.3 Å². The number of aryl methyl sites for hydroxylation is 1. The molecule has 3 aromatic rings. The number of nitrogens with one attached hydrogen (secondary N) is 2. The van der Waals surface area contributed by atoms with Crippen molar-refractivity contribution in [3.8, 4) is 0 Å². The Labute approximate surface area is 184 Å². The molecular formula is C22H20BrN3O3S. The number of carbonyl (C=O) groups is 1. The van der Waals surface area contributed by atoms with Crippen LogP contribution in [0.1, 0.15) is 11.1 Å². The van der Waals surface area contributed by atoms with Gasteiger partial charge in [-0.2, -0.15) is 0 Å². The minimum atomic E-state index is -3.67. The highest BCUT2D eigenvalue weighted by Crippen LogP contribution is 2.35. The number of rotatable bonds is 4. The molecule has 0 unspecified atom stereocenters. The van der Waals surface area contributed by atoms with Gasteiger partial charge in [0.25, 0.3) is 10.0 Å². The van der Waals surface area contributed by atoms with Gasteiger partial charge >= 0.3 is 6.03 Å². The predicted octanol–water partition coefficient (Wildman–Crippen LogP) is 5.15. The van der Waals surface area contributed by atoms with Crippen LogP contribution in [0.5, 0.6) is 0 Å². The zero-order chi connectivity index (χ0) is 21.3. The van der Waals surface area contributed by atoms with Crippen LogP contribution in [0, 0.1) is 6.92 Å². The summed E-state index contributed by atoms with van der Waals surface area (Å²) in [5.74, 6) is 0. The molecule has 4 rings (SSSR count). The summed E-state index contributed by atoms with van der Waals surface area (Å²) in [5, 5.41) is 5.53. The summed E-state index contributed by atoms with van der Waals surface area (Å²) < 4.78 is 28.6. The summed E-state index contributed by atoms with van der Waals surface area (Å²) in [5.41, 5.74) is 3.70. The van der Waals surface area contributed by atoms with Gasteiger partial charge in [0.2, 0.25) is 0 Å². The summed E-state index contributed by atoms with van der Waals surface area (Å²) in [4.78, 5) is 12.6. The van der Waals surface area contributed by atoms with E-state index in [1.807, 2.05) is 25.1 Å². The van der Waals surface area contributed by atoms with Gasteiger partial charge in [0.15, 0.2) is 0 Å². The van der Waals surface area contributed by atoms with E-state index in [-0.39, 0.29) is 4.90 Å². The monoisotopic (exact) mass is 485 g/mol. The zero-order valence-electron chi connectivity index (χ0n) is 16.2. The van der Waals surface area contributed by atoms with Crippen LogP contribution in [0.15, 0.2) is 76.1 Å². The van der Waals surface area contributed by atoms with E-state index in [1.165, 1.54) is 4.31 Å². The number of anilines is 3. The van der Waals surface area contributed by atoms with Crippen LogP contribution in [-0.2, 0) is 16.4 Å². The van der Waals surface area contributed by atoms with Gasteiger partial charge in [0.05, 0.1) is 10.6 Å². The number of sulfonamides is 1. The second kappa shape index (κ2) is 8.12. The summed E-state index contributed by atoms with van der Waals surface area (Å²) in [7, 11) is -3.67. The van der Waals surface area contributed by atoms with Gasteiger partial charge in [-0.25, -0.2) is 13.2 Å². The maximum absolute atomic E-state index is 13.1. The van der Waals surface area contributed by atoms with Crippen LogP contribution in [0.4, 0.5) is 21.9 Å². The number of nitrogens with zero attached hydrogens (tertiary/aromatic N) is 1. The smallest absolute Gasteiger partial charge is 0.308 e. The first-order valence-electron chi connectivity index (χ1n) is 9.39. The summed E-state index contributed by atoms with van der Waals surface area (Å²) in [6.07, 6.45) is 0.631. The van der Waals surface area contributed by atoms with Crippen LogP contribution in [0.2, 0.25) is 0 Å². The molecule has 0 aromatic heterocycles. The molecule has 0 saturated carbocycles. The Kier molecular flexibility index (Phi) is 5.53. The summed E-state index contributed by atoms with van der Waals surface area (Å²) in [6.45, 7) is 2.29. The first kappa shape index (κ1) is 20.4. The Hall–Kier alpha value is -2.84. The Morgan fingerprint density at radius 1 is 0.933 bits per heavy atom. The average Bonchev–Trinajstić information content (AvgIpc) is 3.14. The second-order valence-corrected chi connectivity index (χ2v) is 9.85. The normalized spacial score (nSPS) is 13.1. The van der Waals surface area contributed by atoms with Crippen molar-refractivity contribution in [3.63, 3.8) is 0 Å². The molecule has 1 aliphatic rings. The van der Waals surface area contributed by atoms with E-state index in [4.69, 9.17) is 0 Å². The second-order valence-electron chi connectivity index (χ2n) is 7.07. The van der Waals surface area contributed by atoms with Gasteiger partial charge in [-0.1, -0.05) is 39.7 Å². The van der Waals surface area contributed by atoms with Crippen LogP contribution < -0.4 is 14.9 Å². The van der Waals surface area contributed by atoms with Crippen molar-refractivity contribution in [1.29, 1.82) is 0 Å². The lowest BCUT2D eigenvalue weighted by Crippen LogP contribution is -2.29. The molecular weight excluding hydrogens is 466 g/mol. The third kappa shape index (κ3) is 4.20. The molecule has 0 atom stereocenters. The standard InChI is InChI=1S/C22H20BrN3O3S/c1-15-2-10-20(11-3-15)30(28,29)26-13-12-16-4-7-19(14-21(16)26)25-22(27)24-18-8-5-17(23)6-9-18/h2-11,14H,12-13H2,1H3,(H2,24,25,27). The molecule has 1 aliphatic heterocycles. The Bertz CT molecular complexity index is 1190.